The third-order valence-electron chi connectivity index (χ3n) is 6.64. The molecular formula is C31H41NO6. The number of rotatable bonds is 8. The molecule has 7 heteroatoms. The van der Waals surface area contributed by atoms with Crippen LogP contribution in [0.5, 0.6) is 0 Å². The van der Waals surface area contributed by atoms with Crippen molar-refractivity contribution in [2.45, 2.75) is 90.9 Å². The Kier molecular flexibility index (Phi) is 8.90. The molecule has 0 spiro atoms. The highest BCUT2D eigenvalue weighted by Gasteiger charge is 2.57. The molecule has 2 aromatic carbocycles. The molecule has 1 aliphatic rings. The minimum atomic E-state index is -1.51. The lowest BCUT2D eigenvalue weighted by Gasteiger charge is -2.27. The lowest BCUT2D eigenvalue weighted by Crippen LogP contribution is -2.47. The molecule has 1 N–H and O–H groups in total. The van der Waals surface area contributed by atoms with Crippen LogP contribution in [0.15, 0.2) is 54.6 Å². The smallest absolute Gasteiger partial charge is 0.408 e. The number of carbonyl (C=O) groups excluding carboxylic acids is 3. The van der Waals surface area contributed by atoms with Gasteiger partial charge in [-0.25, -0.2) is 4.79 Å². The standard InChI is InChI=1S/C31H41NO6/c1-8-36-26(33)31(19-22-14-16-23(17-15-22)29(2,3)4)20-25(37-27(31)34)24(18-21-12-10-9-11-13-21)32-28(35)38-30(5,6)7/h9-17,24-25H,8,18-20H2,1-7H3,(H,32,35)/t24-,25-,31?/m0/s1. The van der Waals surface area contributed by atoms with Crippen molar-refractivity contribution in [1.29, 1.82) is 0 Å². The molecule has 2 aromatic rings. The highest BCUT2D eigenvalue weighted by molar-refractivity contribution is 6.01. The summed E-state index contributed by atoms with van der Waals surface area (Å²) in [5.41, 5.74) is 0.727. The van der Waals surface area contributed by atoms with E-state index in [9.17, 15) is 14.4 Å². The van der Waals surface area contributed by atoms with E-state index in [2.05, 4.69) is 26.1 Å². The fourth-order valence-corrected chi connectivity index (χ4v) is 4.67. The van der Waals surface area contributed by atoms with Crippen LogP contribution in [-0.4, -0.2) is 42.4 Å². The van der Waals surface area contributed by atoms with Crippen molar-refractivity contribution < 1.29 is 28.6 Å². The van der Waals surface area contributed by atoms with Crippen molar-refractivity contribution >= 4 is 18.0 Å². The van der Waals surface area contributed by atoms with Gasteiger partial charge in [0.1, 0.15) is 11.7 Å². The zero-order valence-corrected chi connectivity index (χ0v) is 23.6. The molecular weight excluding hydrogens is 482 g/mol. The molecule has 1 saturated heterocycles. The third-order valence-corrected chi connectivity index (χ3v) is 6.64. The number of cyclic esters (lactones) is 1. The fraction of sp³-hybridized carbons (Fsp3) is 0.516. The molecule has 3 atom stereocenters. The lowest BCUT2D eigenvalue weighted by molar-refractivity contribution is -0.165. The van der Waals surface area contributed by atoms with Gasteiger partial charge in [0.25, 0.3) is 0 Å². The van der Waals surface area contributed by atoms with Crippen molar-refractivity contribution in [3.63, 3.8) is 0 Å². The maximum Gasteiger partial charge on any atom is 0.408 e. The molecule has 0 saturated carbocycles. The highest BCUT2D eigenvalue weighted by atomic mass is 16.6. The summed E-state index contributed by atoms with van der Waals surface area (Å²) in [4.78, 5) is 39.5. The van der Waals surface area contributed by atoms with Crippen molar-refractivity contribution in [3.8, 4) is 0 Å². The molecule has 38 heavy (non-hydrogen) atoms. The molecule has 1 fully saturated rings. The zero-order chi connectivity index (χ0) is 28.1. The fourth-order valence-electron chi connectivity index (χ4n) is 4.67. The minimum Gasteiger partial charge on any atom is -0.465 e. The van der Waals surface area contributed by atoms with Gasteiger partial charge in [-0.1, -0.05) is 75.4 Å². The molecule has 1 unspecified atom stereocenters. The first-order valence-electron chi connectivity index (χ1n) is 13.2. The number of alkyl carbamates (subject to hydrolysis) is 1. The number of amides is 1. The van der Waals surface area contributed by atoms with Crippen LogP contribution in [-0.2, 0) is 42.1 Å². The maximum atomic E-state index is 13.5. The molecule has 0 aliphatic carbocycles. The van der Waals surface area contributed by atoms with Gasteiger partial charge < -0.3 is 19.5 Å². The van der Waals surface area contributed by atoms with E-state index in [1.807, 2.05) is 54.6 Å². The van der Waals surface area contributed by atoms with E-state index < -0.39 is 41.2 Å². The van der Waals surface area contributed by atoms with Crippen LogP contribution in [0.1, 0.15) is 71.6 Å². The summed E-state index contributed by atoms with van der Waals surface area (Å²) < 4.78 is 16.7. The van der Waals surface area contributed by atoms with Crippen LogP contribution in [0.2, 0.25) is 0 Å². The van der Waals surface area contributed by atoms with Crippen LogP contribution in [0, 0.1) is 5.41 Å². The SMILES string of the molecule is CCOC(=O)C1(Cc2ccc(C(C)(C)C)cc2)C[C@@H]([C@H](Cc2ccccc2)NC(=O)OC(C)(C)C)OC1=O. The van der Waals surface area contributed by atoms with Gasteiger partial charge in [-0.3, -0.25) is 9.59 Å². The summed E-state index contributed by atoms with van der Waals surface area (Å²) in [5, 5.41) is 2.89. The van der Waals surface area contributed by atoms with Gasteiger partial charge in [-0.2, -0.15) is 0 Å². The molecule has 1 heterocycles. The first-order chi connectivity index (χ1) is 17.7. The van der Waals surface area contributed by atoms with Crippen molar-refractivity contribution in [2.24, 2.45) is 5.41 Å². The molecule has 0 bridgehead atoms. The first-order valence-corrected chi connectivity index (χ1v) is 13.2. The Labute approximate surface area is 226 Å². The largest absolute Gasteiger partial charge is 0.465 e. The van der Waals surface area contributed by atoms with E-state index in [-0.39, 0.29) is 24.9 Å². The van der Waals surface area contributed by atoms with Gasteiger partial charge in [0.15, 0.2) is 5.41 Å². The van der Waals surface area contributed by atoms with E-state index in [1.165, 1.54) is 0 Å². The van der Waals surface area contributed by atoms with Gasteiger partial charge >= 0.3 is 18.0 Å². The summed E-state index contributed by atoms with van der Waals surface area (Å²) >= 11 is 0. The first kappa shape index (κ1) is 29.2. The molecule has 7 nitrogen and oxygen atoms in total. The van der Waals surface area contributed by atoms with Gasteiger partial charge in [0.2, 0.25) is 0 Å². The number of ether oxygens (including phenoxy) is 3. The number of nitrogens with one attached hydrogen (secondary N) is 1. The van der Waals surface area contributed by atoms with Crippen LogP contribution < -0.4 is 5.32 Å². The molecule has 1 aliphatic heterocycles. The predicted molar refractivity (Wildman–Crippen MR) is 146 cm³/mol. The second kappa shape index (κ2) is 11.6. The van der Waals surface area contributed by atoms with Crippen LogP contribution in [0.25, 0.3) is 0 Å². The van der Waals surface area contributed by atoms with Gasteiger partial charge in [0.05, 0.1) is 12.6 Å². The summed E-state index contributed by atoms with van der Waals surface area (Å²) in [5.74, 6) is -1.24. The van der Waals surface area contributed by atoms with E-state index in [0.717, 1.165) is 16.7 Å². The Morgan fingerprint density at radius 1 is 1.00 bits per heavy atom. The number of hydrogen-bond donors (Lipinski definition) is 1. The highest BCUT2D eigenvalue weighted by Crippen LogP contribution is 2.41. The lowest BCUT2D eigenvalue weighted by atomic mass is 9.77. The normalized spacial score (nSPS) is 20.4. The van der Waals surface area contributed by atoms with E-state index >= 15 is 0 Å². The number of esters is 2. The van der Waals surface area contributed by atoms with E-state index in [0.29, 0.717) is 6.42 Å². The summed E-state index contributed by atoms with van der Waals surface area (Å²) in [7, 11) is 0. The Morgan fingerprint density at radius 2 is 1.63 bits per heavy atom. The molecule has 0 radical (unpaired) electrons. The summed E-state index contributed by atoms with van der Waals surface area (Å²) in [6, 6.07) is 16.9. The summed E-state index contributed by atoms with van der Waals surface area (Å²) in [6.45, 7) is 13.6. The van der Waals surface area contributed by atoms with Gasteiger partial charge in [-0.05, 0) is 62.6 Å². The van der Waals surface area contributed by atoms with Crippen molar-refractivity contribution in [1.82, 2.24) is 5.32 Å². The Morgan fingerprint density at radius 3 is 2.18 bits per heavy atom. The van der Waals surface area contributed by atoms with Gasteiger partial charge in [-0.15, -0.1) is 0 Å². The van der Waals surface area contributed by atoms with E-state index in [1.54, 1.807) is 27.7 Å². The molecule has 0 aromatic heterocycles. The van der Waals surface area contributed by atoms with Crippen LogP contribution >= 0.6 is 0 Å². The maximum absolute atomic E-state index is 13.5. The predicted octanol–water partition coefficient (Wildman–Crippen LogP) is 5.53. The topological polar surface area (TPSA) is 90.9 Å². The molecule has 1 amide bonds. The average molecular weight is 524 g/mol. The minimum absolute atomic E-state index is 0.0211. The summed E-state index contributed by atoms with van der Waals surface area (Å²) in [6.07, 6.45) is -0.721. The Hall–Kier alpha value is -3.35. The van der Waals surface area contributed by atoms with Crippen LogP contribution in [0.3, 0.4) is 0 Å². The van der Waals surface area contributed by atoms with Crippen molar-refractivity contribution in [3.05, 3.63) is 71.3 Å². The number of hydrogen-bond acceptors (Lipinski definition) is 6. The second-order valence-corrected chi connectivity index (χ2v) is 12.0. The quantitative estimate of drug-likeness (QED) is 0.278. The van der Waals surface area contributed by atoms with Crippen molar-refractivity contribution in [2.75, 3.05) is 6.61 Å². The monoisotopic (exact) mass is 523 g/mol. The number of benzene rings is 2. The Balaban J connectivity index is 1.91. The van der Waals surface area contributed by atoms with E-state index in [4.69, 9.17) is 14.2 Å². The zero-order valence-electron chi connectivity index (χ0n) is 23.6. The second-order valence-electron chi connectivity index (χ2n) is 12.0. The molecule has 206 valence electrons. The third kappa shape index (κ3) is 7.36. The van der Waals surface area contributed by atoms with Gasteiger partial charge in [0, 0.05) is 6.42 Å². The molecule has 3 rings (SSSR count). The Bertz CT molecular complexity index is 1110. The van der Waals surface area contributed by atoms with Crippen LogP contribution in [0.4, 0.5) is 4.79 Å². The number of carbonyl (C=O) groups is 3. The average Bonchev–Trinajstić information content (AvgIpc) is 3.15.